The average molecular weight is 154 g/mol. The lowest BCUT2D eigenvalue weighted by Gasteiger charge is -2.24. The zero-order chi connectivity index (χ0) is 8.41. The first-order chi connectivity index (χ1) is 4.27. The van der Waals surface area contributed by atoms with Gasteiger partial charge in [-0.3, -0.25) is 0 Å². The van der Waals surface area contributed by atoms with E-state index in [9.17, 15) is 8.78 Å². The fourth-order valence-electron chi connectivity index (χ4n) is 0.584. The smallest absolute Gasteiger partial charge is 0.356 e. The summed E-state index contributed by atoms with van der Waals surface area (Å²) >= 11 is 0. The van der Waals surface area contributed by atoms with E-state index in [0.717, 1.165) is 0 Å². The van der Waals surface area contributed by atoms with Gasteiger partial charge in [-0.15, -0.1) is 0 Å². The van der Waals surface area contributed by atoms with Gasteiger partial charge in [-0.05, 0) is 13.8 Å². The van der Waals surface area contributed by atoms with Gasteiger partial charge in [0, 0.05) is 7.11 Å². The van der Waals surface area contributed by atoms with Crippen LogP contribution in [0.1, 0.15) is 20.3 Å². The van der Waals surface area contributed by atoms with Gasteiger partial charge in [0.2, 0.25) is 0 Å². The van der Waals surface area contributed by atoms with Crippen LogP contribution < -0.4 is 0 Å². The molecule has 0 aliphatic rings. The maximum absolute atomic E-state index is 11.9. The van der Waals surface area contributed by atoms with Crippen LogP contribution in [0.3, 0.4) is 0 Å². The standard InChI is InChI=1S/C6H12F2O2/c1-5(2,10-3)4-6(7,8)9/h9H,4H2,1-3H3. The van der Waals surface area contributed by atoms with Crippen LogP contribution in [0.2, 0.25) is 0 Å². The van der Waals surface area contributed by atoms with Gasteiger partial charge in [0.25, 0.3) is 0 Å². The van der Waals surface area contributed by atoms with Crippen LogP contribution >= 0.6 is 0 Å². The molecule has 0 unspecified atom stereocenters. The molecule has 0 amide bonds. The number of alkyl halides is 2. The van der Waals surface area contributed by atoms with Gasteiger partial charge in [0.15, 0.2) is 0 Å². The predicted molar refractivity (Wildman–Crippen MR) is 32.9 cm³/mol. The van der Waals surface area contributed by atoms with Gasteiger partial charge in [0.05, 0.1) is 12.0 Å². The third-order valence-corrected chi connectivity index (χ3v) is 1.19. The lowest BCUT2D eigenvalue weighted by atomic mass is 10.1. The van der Waals surface area contributed by atoms with Crippen LogP contribution in [0, 0.1) is 0 Å². The van der Waals surface area contributed by atoms with Crippen LogP contribution in [-0.4, -0.2) is 23.9 Å². The predicted octanol–water partition coefficient (Wildman–Crippen LogP) is 1.39. The van der Waals surface area contributed by atoms with Gasteiger partial charge in [-0.2, -0.15) is 8.78 Å². The average Bonchev–Trinajstić information content (AvgIpc) is 1.60. The lowest BCUT2D eigenvalue weighted by molar-refractivity contribution is -0.230. The number of hydrogen-bond donors (Lipinski definition) is 1. The highest BCUT2D eigenvalue weighted by Gasteiger charge is 2.34. The Bertz CT molecular complexity index is 107. The molecule has 1 N–H and O–H groups in total. The van der Waals surface area contributed by atoms with Crippen LogP contribution in [-0.2, 0) is 4.74 Å². The number of ether oxygens (including phenoxy) is 1. The molecule has 10 heavy (non-hydrogen) atoms. The Morgan fingerprint density at radius 1 is 1.40 bits per heavy atom. The summed E-state index contributed by atoms with van der Waals surface area (Å²) < 4.78 is 28.4. The molecule has 0 saturated carbocycles. The van der Waals surface area contributed by atoms with Crippen LogP contribution in [0.15, 0.2) is 0 Å². The van der Waals surface area contributed by atoms with Gasteiger partial charge in [0.1, 0.15) is 0 Å². The van der Waals surface area contributed by atoms with Crippen molar-refractivity contribution in [3.8, 4) is 0 Å². The zero-order valence-electron chi connectivity index (χ0n) is 6.32. The summed E-state index contributed by atoms with van der Waals surface area (Å²) in [6.45, 7) is 2.97. The number of methoxy groups -OCH3 is 1. The molecular weight excluding hydrogens is 142 g/mol. The topological polar surface area (TPSA) is 29.5 Å². The number of halogens is 2. The largest absolute Gasteiger partial charge is 0.378 e. The first kappa shape index (κ1) is 9.78. The Kier molecular flexibility index (Phi) is 2.74. The third kappa shape index (κ3) is 4.64. The van der Waals surface area contributed by atoms with E-state index in [0.29, 0.717) is 0 Å². The second-order valence-corrected chi connectivity index (χ2v) is 2.81. The number of hydrogen-bond acceptors (Lipinski definition) is 2. The van der Waals surface area contributed by atoms with Gasteiger partial charge in [-0.25, -0.2) is 0 Å². The molecule has 0 aromatic heterocycles. The molecule has 2 nitrogen and oxygen atoms in total. The van der Waals surface area contributed by atoms with Crippen molar-refractivity contribution in [3.63, 3.8) is 0 Å². The van der Waals surface area contributed by atoms with E-state index in [4.69, 9.17) is 5.11 Å². The number of aliphatic hydroxyl groups is 1. The Labute approximate surface area is 58.8 Å². The summed E-state index contributed by atoms with van der Waals surface area (Å²) in [5, 5.41) is 8.07. The molecule has 0 spiro atoms. The first-order valence-electron chi connectivity index (χ1n) is 2.92. The second-order valence-electron chi connectivity index (χ2n) is 2.81. The van der Waals surface area contributed by atoms with Crippen molar-refractivity contribution >= 4 is 0 Å². The highest BCUT2D eigenvalue weighted by Crippen LogP contribution is 2.24. The van der Waals surface area contributed by atoms with Gasteiger partial charge < -0.3 is 9.84 Å². The van der Waals surface area contributed by atoms with E-state index in [1.54, 1.807) is 0 Å². The van der Waals surface area contributed by atoms with Gasteiger partial charge >= 0.3 is 6.11 Å². The third-order valence-electron chi connectivity index (χ3n) is 1.19. The molecule has 0 atom stereocenters. The molecule has 0 aromatic carbocycles. The molecule has 62 valence electrons. The van der Waals surface area contributed by atoms with E-state index in [-0.39, 0.29) is 0 Å². The monoisotopic (exact) mass is 154 g/mol. The SMILES string of the molecule is COC(C)(C)CC(O)(F)F. The Morgan fingerprint density at radius 2 is 1.80 bits per heavy atom. The fourth-order valence-corrected chi connectivity index (χ4v) is 0.584. The molecule has 0 bridgehead atoms. The Hall–Kier alpha value is -0.220. The summed E-state index contributed by atoms with van der Waals surface area (Å²) in [6, 6.07) is 0. The fraction of sp³-hybridized carbons (Fsp3) is 1.00. The Morgan fingerprint density at radius 3 is 1.90 bits per heavy atom. The minimum Gasteiger partial charge on any atom is -0.378 e. The van der Waals surface area contributed by atoms with Crippen molar-refractivity contribution < 1.29 is 18.6 Å². The number of rotatable bonds is 3. The van der Waals surface area contributed by atoms with E-state index in [1.807, 2.05) is 0 Å². The zero-order valence-corrected chi connectivity index (χ0v) is 6.32. The van der Waals surface area contributed by atoms with Crippen LogP contribution in [0.4, 0.5) is 8.78 Å². The van der Waals surface area contributed by atoms with E-state index >= 15 is 0 Å². The normalized spacial score (nSPS) is 13.8. The highest BCUT2D eigenvalue weighted by atomic mass is 19.3. The van der Waals surface area contributed by atoms with Crippen molar-refractivity contribution in [2.75, 3.05) is 7.11 Å². The maximum Gasteiger partial charge on any atom is 0.356 e. The molecule has 0 radical (unpaired) electrons. The van der Waals surface area contributed by atoms with Crippen LogP contribution in [0.5, 0.6) is 0 Å². The van der Waals surface area contributed by atoms with E-state index < -0.39 is 18.1 Å². The summed E-state index contributed by atoms with van der Waals surface area (Å²) in [5.41, 5.74) is -0.974. The molecule has 0 aliphatic carbocycles. The maximum atomic E-state index is 11.9. The molecule has 0 saturated heterocycles. The minimum atomic E-state index is -3.64. The summed E-state index contributed by atoms with van der Waals surface area (Å²) in [7, 11) is 1.33. The molecule has 0 aromatic rings. The van der Waals surface area contributed by atoms with Crippen molar-refractivity contribution in [2.24, 2.45) is 0 Å². The molecule has 4 heteroatoms. The van der Waals surface area contributed by atoms with Crippen molar-refractivity contribution in [1.29, 1.82) is 0 Å². The molecule has 0 rings (SSSR count). The van der Waals surface area contributed by atoms with Crippen molar-refractivity contribution in [1.82, 2.24) is 0 Å². The summed E-state index contributed by atoms with van der Waals surface area (Å²) in [4.78, 5) is 0. The summed E-state index contributed by atoms with van der Waals surface area (Å²) in [5.74, 6) is 0. The summed E-state index contributed by atoms with van der Waals surface area (Å²) in [6.07, 6.45) is -4.32. The van der Waals surface area contributed by atoms with Crippen molar-refractivity contribution in [2.45, 2.75) is 32.0 Å². The molecule has 0 fully saturated rings. The Balaban J connectivity index is 3.89. The quantitative estimate of drug-likeness (QED) is 0.665. The van der Waals surface area contributed by atoms with Crippen molar-refractivity contribution in [3.05, 3.63) is 0 Å². The molecule has 0 aliphatic heterocycles. The minimum absolute atomic E-state index is 0.684. The van der Waals surface area contributed by atoms with Gasteiger partial charge in [-0.1, -0.05) is 0 Å². The van der Waals surface area contributed by atoms with Crippen LogP contribution in [0.25, 0.3) is 0 Å². The highest BCUT2D eigenvalue weighted by molar-refractivity contribution is 4.71. The molecule has 0 heterocycles. The van der Waals surface area contributed by atoms with E-state index in [1.165, 1.54) is 21.0 Å². The second kappa shape index (κ2) is 2.80. The lowest BCUT2D eigenvalue weighted by Crippen LogP contribution is -2.32. The van der Waals surface area contributed by atoms with E-state index in [2.05, 4.69) is 4.74 Å². The molecular formula is C6H12F2O2. The first-order valence-corrected chi connectivity index (χ1v) is 2.92.